The Morgan fingerprint density at radius 1 is 0.435 bits per heavy atom. The second-order valence-electron chi connectivity index (χ2n) is 27.3. The molecule has 25 heteroatoms. The van der Waals surface area contributed by atoms with Crippen molar-refractivity contribution >= 4 is 40.6 Å². The molecule has 9 heterocycles. The summed E-state index contributed by atoms with van der Waals surface area (Å²) in [6.07, 6.45) is 30.8. The summed E-state index contributed by atoms with van der Waals surface area (Å²) in [7, 11) is 1.55. The molecule has 0 bridgehead atoms. The molecule has 1 saturated carbocycles. The van der Waals surface area contributed by atoms with Crippen LogP contribution in [-0.2, 0) is 0 Å². The van der Waals surface area contributed by atoms with Crippen molar-refractivity contribution in [1.29, 1.82) is 0 Å². The molecule has 4 N–H and O–H groups in total. The quantitative estimate of drug-likeness (QED) is 0.0909. The Kier molecular flexibility index (Phi) is 20.5. The van der Waals surface area contributed by atoms with Crippen LogP contribution in [0.4, 0.5) is 17.6 Å². The van der Waals surface area contributed by atoms with Crippen LogP contribution in [0.3, 0.4) is 0 Å². The lowest BCUT2D eigenvalue weighted by molar-refractivity contribution is 0.0940. The van der Waals surface area contributed by atoms with Crippen LogP contribution >= 0.6 is 0 Å². The van der Waals surface area contributed by atoms with Crippen LogP contribution in [-0.4, -0.2) is 102 Å². The number of primary amides is 1. The molecule has 8 aromatic carbocycles. The molecule has 4 atom stereocenters. The van der Waals surface area contributed by atoms with Gasteiger partial charge in [-0.3, -0.25) is 52.6 Å². The lowest BCUT2D eigenvalue weighted by atomic mass is 9.98. The number of imidazole rings is 4. The van der Waals surface area contributed by atoms with Crippen molar-refractivity contribution in [2.24, 2.45) is 25.7 Å². The molecule has 115 heavy (non-hydrogen) atoms. The highest BCUT2D eigenvalue weighted by molar-refractivity contribution is 6.18. The number of nitrogens with one attached hydrogen (secondary N) is 2. The van der Waals surface area contributed by atoms with E-state index in [9.17, 15) is 31.9 Å². The number of aromatic nitrogens is 10. The Morgan fingerprint density at radius 2 is 0.748 bits per heavy atom. The Morgan fingerprint density at radius 3 is 1.06 bits per heavy atom. The van der Waals surface area contributed by atoms with E-state index < -0.39 is 24.0 Å². The van der Waals surface area contributed by atoms with Crippen molar-refractivity contribution in [1.82, 2.24) is 59.0 Å². The van der Waals surface area contributed by atoms with E-state index in [1.807, 2.05) is 96.0 Å². The number of hydrogen-bond acceptors (Lipinski definition) is 14. The Balaban J connectivity index is 0.000000121. The molecule has 3 amide bonds. The largest absolute Gasteiger partial charge is 0.364 e. The number of fused-ring (bicyclic) bond motifs is 12. The predicted molar refractivity (Wildman–Crippen MR) is 428 cm³/mol. The zero-order chi connectivity index (χ0) is 80.6. The molecule has 18 rings (SSSR count). The molecule has 0 radical (unpaired) electrons. The molecule has 0 unspecified atom stereocenters. The summed E-state index contributed by atoms with van der Waals surface area (Å²) in [5.74, 6) is 8.71. The van der Waals surface area contributed by atoms with Gasteiger partial charge in [-0.05, 0) is 169 Å². The van der Waals surface area contributed by atoms with Gasteiger partial charge in [0.1, 0.15) is 48.6 Å². The van der Waals surface area contributed by atoms with Crippen LogP contribution in [0.25, 0.3) is 34.3 Å². The van der Waals surface area contributed by atoms with Crippen molar-refractivity contribution in [2.45, 2.75) is 77.7 Å². The highest BCUT2D eigenvalue weighted by Gasteiger charge is 2.36. The predicted octanol–water partition coefficient (Wildman–Crippen LogP) is 14.3. The van der Waals surface area contributed by atoms with E-state index in [-0.39, 0.29) is 52.9 Å². The number of amides is 3. The van der Waals surface area contributed by atoms with Crippen LogP contribution in [0.15, 0.2) is 220 Å². The van der Waals surface area contributed by atoms with Gasteiger partial charge in [0, 0.05) is 79.9 Å². The van der Waals surface area contributed by atoms with Gasteiger partial charge in [0.2, 0.25) is 0 Å². The minimum atomic E-state index is -0.637. The number of benzene rings is 8. The number of nitrogens with zero attached hydrogens (tertiary/aromatic N) is 14. The Bertz CT molecular complexity index is 6470. The topological polar surface area (TPSA) is 261 Å². The van der Waals surface area contributed by atoms with E-state index in [1.165, 1.54) is 30.6 Å². The summed E-state index contributed by atoms with van der Waals surface area (Å²) in [6, 6.07) is 46.5. The van der Waals surface area contributed by atoms with Gasteiger partial charge in [0.15, 0.2) is 28.6 Å². The fourth-order valence-corrected chi connectivity index (χ4v) is 14.4. The molecule has 4 aliphatic heterocycles. The van der Waals surface area contributed by atoms with Crippen LogP contribution in [0.2, 0.25) is 0 Å². The normalized spacial score (nSPS) is 15.6. The van der Waals surface area contributed by atoms with Gasteiger partial charge in [-0.15, -0.1) is 25.7 Å². The summed E-state index contributed by atoms with van der Waals surface area (Å²) in [4.78, 5) is 77.8. The SMILES string of the molecule is C#Cc1ccc2c(c1)C(c1ccccc1F)=N[C@H](C)c1c(-c3nc(C)no3)ncn1-2.C#Cc1ccc2c(c1)C(c1ccccc1F)=N[C@H](C)c1c(C(=O)NC)ncn1-2.C#Cc1ccc2c(c1)C(c1ccccc1F)=N[C@H](C)c1c(C(=O)NC3CC3)ncn1-2.C#Cc1ccc2c(c1)C(c1ccccc1F)=N[C@H](C)c1c(C(N)=O)ncn1-2. The minimum Gasteiger partial charge on any atom is -0.364 e. The molecular formula is C90H67F4N17O4. The zero-order valence-electron chi connectivity index (χ0n) is 62.6. The summed E-state index contributed by atoms with van der Waals surface area (Å²) in [5, 5.41) is 9.46. The number of carbonyl (C=O) groups is 3. The number of aliphatic imine (C=N–C) groups is 4. The first-order valence-corrected chi connectivity index (χ1v) is 36.4. The number of halogens is 4. The Labute approximate surface area is 657 Å². The van der Waals surface area contributed by atoms with Crippen LogP contribution < -0.4 is 16.4 Å². The standard InChI is InChI=1S/C24H19FN4O.C23H16FN5O.C22H17FN4O.C21H15FN4O/c1-3-15-8-11-20-18(12-15)21(17-6-4-5-7-19(17)25)27-14(2)23-22(26-13-29(20)23)24(30)28-16-9-10-16;1-4-15-9-10-19-17(11-15)20(16-7-5-6-8-18(16)24)26-13(2)22-21(25-12-29(19)22)23-27-14(3)28-30-23;1-4-14-9-10-18-16(11-14)19(15-7-5-6-8-17(15)23)26-13(2)21-20(22(28)24-3)25-12-27(18)21;1-3-13-8-9-17-15(10-13)18(14-6-4-5-7-16(14)22)25-12(2)20-19(21(23)27)24-11-26(17)20/h1,4-8,11-14,16H,9-10H2,2H3,(H,28,30);1,5-13H,2-3H3;1,5-13H,2-3H3,(H,24,28);1,4-12H,2H3,(H2,23,27)/t14-;2*13-;12-/m1111/s1. The van der Waals surface area contributed by atoms with E-state index in [0.717, 1.165) is 41.2 Å². The summed E-state index contributed by atoms with van der Waals surface area (Å²) >= 11 is 0. The molecule has 5 aromatic heterocycles. The third-order valence-electron chi connectivity index (χ3n) is 19.9. The molecule has 5 aliphatic rings. The number of terminal acetylenes is 4. The molecule has 1 aliphatic carbocycles. The Hall–Kier alpha value is -15.2. The molecule has 1 fully saturated rings. The van der Waals surface area contributed by atoms with Crippen molar-refractivity contribution < 1.29 is 36.5 Å². The first-order chi connectivity index (χ1) is 55.7. The van der Waals surface area contributed by atoms with Crippen molar-refractivity contribution in [3.8, 4) is 83.7 Å². The molecule has 21 nitrogen and oxygen atoms in total. The zero-order valence-corrected chi connectivity index (χ0v) is 62.6. The lowest BCUT2D eigenvalue weighted by Crippen LogP contribution is -2.27. The second kappa shape index (κ2) is 31.3. The van der Waals surface area contributed by atoms with E-state index >= 15 is 0 Å². The van der Waals surface area contributed by atoms with Crippen LogP contribution in [0.5, 0.6) is 0 Å². The van der Waals surface area contributed by atoms with Crippen molar-refractivity contribution in [2.75, 3.05) is 7.05 Å². The van der Waals surface area contributed by atoms with E-state index in [1.54, 1.807) is 129 Å². The van der Waals surface area contributed by atoms with Gasteiger partial charge in [-0.25, -0.2) is 37.5 Å². The second-order valence-corrected chi connectivity index (χ2v) is 27.3. The van der Waals surface area contributed by atoms with E-state index in [4.69, 9.17) is 55.9 Å². The maximum atomic E-state index is 14.7. The van der Waals surface area contributed by atoms with Crippen molar-refractivity contribution in [3.63, 3.8) is 0 Å². The van der Waals surface area contributed by atoms with E-state index in [2.05, 4.69) is 64.4 Å². The first kappa shape index (κ1) is 75.2. The fourth-order valence-electron chi connectivity index (χ4n) is 14.4. The van der Waals surface area contributed by atoms with Crippen LogP contribution in [0.1, 0.15) is 192 Å². The fraction of sp³-hybridized carbons (Fsp3) is 0.144. The maximum Gasteiger partial charge on any atom is 0.278 e. The highest BCUT2D eigenvalue weighted by Crippen LogP contribution is 2.40. The molecule has 0 saturated heterocycles. The summed E-state index contributed by atoms with van der Waals surface area (Å²) in [5.41, 5.74) is 21.4. The van der Waals surface area contributed by atoms with E-state index in [0.29, 0.717) is 136 Å². The van der Waals surface area contributed by atoms with Gasteiger partial charge >= 0.3 is 0 Å². The first-order valence-electron chi connectivity index (χ1n) is 36.4. The monoisotopic (exact) mass is 1530 g/mol. The van der Waals surface area contributed by atoms with Gasteiger partial charge in [0.05, 0.1) is 92.5 Å². The van der Waals surface area contributed by atoms with Gasteiger partial charge in [-0.1, -0.05) is 77.4 Å². The van der Waals surface area contributed by atoms with Crippen molar-refractivity contribution in [3.05, 3.63) is 331 Å². The molecule has 564 valence electrons. The molecule has 13 aromatic rings. The summed E-state index contributed by atoms with van der Waals surface area (Å²) in [6.45, 7) is 9.23. The number of nitrogens with two attached hydrogens (primary N) is 1. The highest BCUT2D eigenvalue weighted by atomic mass is 19.1. The lowest BCUT2D eigenvalue weighted by Gasteiger charge is -2.13. The number of rotatable bonds is 9. The smallest absolute Gasteiger partial charge is 0.278 e. The summed E-state index contributed by atoms with van der Waals surface area (Å²) < 4.78 is 71.4. The third kappa shape index (κ3) is 14.3. The minimum absolute atomic E-state index is 0.146. The number of hydrogen-bond donors (Lipinski definition) is 3. The van der Waals surface area contributed by atoms with Gasteiger partial charge in [-0.2, -0.15) is 4.98 Å². The van der Waals surface area contributed by atoms with Crippen LogP contribution in [0, 0.1) is 79.6 Å². The average molecular weight is 1530 g/mol. The van der Waals surface area contributed by atoms with Gasteiger partial charge in [0.25, 0.3) is 23.6 Å². The molecule has 0 spiro atoms. The van der Waals surface area contributed by atoms with Gasteiger partial charge < -0.3 is 20.9 Å². The maximum absolute atomic E-state index is 14.7. The number of carbonyl (C=O) groups excluding carboxylic acids is 3. The third-order valence-corrected chi connectivity index (χ3v) is 19.9. The molecular weight excluding hydrogens is 1460 g/mol. The average Bonchev–Trinajstić information content (AvgIpc) is 1.63. The number of aryl methyl sites for hydroxylation is 1.